The first kappa shape index (κ1) is 18.9. The van der Waals surface area contributed by atoms with Gasteiger partial charge in [0.15, 0.2) is 0 Å². The highest BCUT2D eigenvalue weighted by Gasteiger charge is 2.24. The van der Waals surface area contributed by atoms with Gasteiger partial charge >= 0.3 is 0 Å². The van der Waals surface area contributed by atoms with Crippen molar-refractivity contribution in [2.45, 2.75) is 45.7 Å². The summed E-state index contributed by atoms with van der Waals surface area (Å²) in [5.41, 5.74) is 6.91. The van der Waals surface area contributed by atoms with Crippen LogP contribution in [-0.4, -0.2) is 23.9 Å². The Morgan fingerprint density at radius 2 is 1.75 bits per heavy atom. The van der Waals surface area contributed by atoms with E-state index in [1.54, 1.807) is 0 Å². The molecule has 2 unspecified atom stereocenters. The second-order valence-electron chi connectivity index (χ2n) is 5.62. The summed E-state index contributed by atoms with van der Waals surface area (Å²) in [5, 5.41) is 0. The molecule has 0 spiro atoms. The molecule has 114 valence electrons. The minimum atomic E-state index is 0. The molecule has 2 atom stereocenters. The summed E-state index contributed by atoms with van der Waals surface area (Å²) < 4.78 is 0. The number of nitrogens with zero attached hydrogens (tertiary/aromatic N) is 1. The first-order valence-corrected chi connectivity index (χ1v) is 6.99. The van der Waals surface area contributed by atoms with Crippen LogP contribution in [0.2, 0.25) is 0 Å². The Bertz CT molecular complexity index is 393. The second kappa shape index (κ2) is 8.98. The van der Waals surface area contributed by atoms with Gasteiger partial charge in [-0.25, -0.2) is 0 Å². The number of carbonyl (C=O) groups excluding carboxylic acids is 1. The number of benzene rings is 1. The molecule has 0 saturated carbocycles. The molecule has 1 aromatic rings. The fraction of sp³-hybridized carbons (Fsp3) is 0.562. The zero-order valence-corrected chi connectivity index (χ0v) is 13.7. The molecule has 20 heavy (non-hydrogen) atoms. The highest BCUT2D eigenvalue weighted by Crippen LogP contribution is 2.27. The lowest BCUT2D eigenvalue weighted by atomic mass is 9.94. The van der Waals surface area contributed by atoms with Crippen LogP contribution in [0.5, 0.6) is 0 Å². The van der Waals surface area contributed by atoms with Crippen molar-refractivity contribution in [1.29, 1.82) is 0 Å². The molecule has 0 aliphatic carbocycles. The fourth-order valence-electron chi connectivity index (χ4n) is 2.39. The maximum Gasteiger partial charge on any atom is 0.222 e. The van der Waals surface area contributed by atoms with Crippen LogP contribution in [0.4, 0.5) is 0 Å². The Labute approximate surface area is 128 Å². The lowest BCUT2D eigenvalue weighted by molar-refractivity contribution is -0.133. The second-order valence-corrected chi connectivity index (χ2v) is 5.62. The third-order valence-electron chi connectivity index (χ3n) is 3.40. The summed E-state index contributed by atoms with van der Waals surface area (Å²) in [4.78, 5) is 14.1. The van der Waals surface area contributed by atoms with Crippen LogP contribution in [-0.2, 0) is 4.79 Å². The molecule has 0 heterocycles. The number of hydrogen-bond donors (Lipinski definition) is 1. The van der Waals surface area contributed by atoms with Crippen molar-refractivity contribution in [3.63, 3.8) is 0 Å². The summed E-state index contributed by atoms with van der Waals surface area (Å²) in [7, 11) is 1.89. The zero-order chi connectivity index (χ0) is 14.4. The summed E-state index contributed by atoms with van der Waals surface area (Å²) in [6.07, 6.45) is 1.26. The summed E-state index contributed by atoms with van der Waals surface area (Å²) in [5.74, 6) is 0.548. The monoisotopic (exact) mass is 298 g/mol. The Hall–Kier alpha value is -1.06. The average Bonchev–Trinajstić information content (AvgIpc) is 2.36. The van der Waals surface area contributed by atoms with Gasteiger partial charge in [0, 0.05) is 19.5 Å². The van der Waals surface area contributed by atoms with Crippen molar-refractivity contribution in [1.82, 2.24) is 4.90 Å². The minimum absolute atomic E-state index is 0. The number of hydrogen-bond acceptors (Lipinski definition) is 2. The Morgan fingerprint density at radius 3 is 2.20 bits per heavy atom. The molecule has 3 nitrogen and oxygen atoms in total. The van der Waals surface area contributed by atoms with Crippen LogP contribution >= 0.6 is 12.4 Å². The molecule has 0 aliphatic rings. The summed E-state index contributed by atoms with van der Waals surface area (Å²) in [6.45, 7) is 6.23. The lowest BCUT2D eigenvalue weighted by Crippen LogP contribution is -2.34. The van der Waals surface area contributed by atoms with E-state index >= 15 is 0 Å². The van der Waals surface area contributed by atoms with Crippen molar-refractivity contribution in [3.8, 4) is 0 Å². The van der Waals surface area contributed by atoms with E-state index in [0.29, 0.717) is 12.3 Å². The van der Waals surface area contributed by atoms with E-state index in [9.17, 15) is 4.79 Å². The molecule has 0 radical (unpaired) electrons. The Kier molecular flexibility index (Phi) is 8.51. The maximum absolute atomic E-state index is 12.2. The molecule has 0 aromatic heterocycles. The topological polar surface area (TPSA) is 46.3 Å². The molecule has 4 heteroatoms. The van der Waals surface area contributed by atoms with Gasteiger partial charge in [0.25, 0.3) is 0 Å². The van der Waals surface area contributed by atoms with Crippen LogP contribution in [0, 0.1) is 5.92 Å². The van der Waals surface area contributed by atoms with Crippen molar-refractivity contribution in [2.75, 3.05) is 7.05 Å². The van der Waals surface area contributed by atoms with Crippen molar-refractivity contribution in [3.05, 3.63) is 35.9 Å². The van der Waals surface area contributed by atoms with Gasteiger partial charge in [-0.3, -0.25) is 4.79 Å². The van der Waals surface area contributed by atoms with Crippen LogP contribution in [0.1, 0.15) is 45.2 Å². The minimum Gasteiger partial charge on any atom is -0.338 e. The van der Waals surface area contributed by atoms with Crippen LogP contribution in [0.3, 0.4) is 0 Å². The van der Waals surface area contributed by atoms with E-state index in [4.69, 9.17) is 5.73 Å². The third-order valence-corrected chi connectivity index (χ3v) is 3.40. The third kappa shape index (κ3) is 5.51. The van der Waals surface area contributed by atoms with Gasteiger partial charge in [0.1, 0.15) is 0 Å². The van der Waals surface area contributed by atoms with Gasteiger partial charge in [0.05, 0.1) is 6.04 Å². The quantitative estimate of drug-likeness (QED) is 0.875. The maximum atomic E-state index is 12.2. The first-order chi connectivity index (χ1) is 8.93. The summed E-state index contributed by atoms with van der Waals surface area (Å²) in [6, 6.07) is 10.4. The van der Waals surface area contributed by atoms with Crippen LogP contribution in [0.25, 0.3) is 0 Å². The van der Waals surface area contributed by atoms with E-state index in [1.807, 2.05) is 37.1 Å². The molecule has 1 rings (SSSR count). The lowest BCUT2D eigenvalue weighted by Gasteiger charge is -2.32. The van der Waals surface area contributed by atoms with Crippen molar-refractivity contribution in [2.24, 2.45) is 11.7 Å². The highest BCUT2D eigenvalue weighted by atomic mass is 35.5. The Morgan fingerprint density at radius 1 is 1.20 bits per heavy atom. The molecule has 2 N–H and O–H groups in total. The molecule has 1 aromatic carbocycles. The molecule has 0 bridgehead atoms. The number of nitrogens with two attached hydrogens (primary N) is 1. The fourth-order valence-corrected chi connectivity index (χ4v) is 2.39. The van der Waals surface area contributed by atoms with E-state index in [-0.39, 0.29) is 30.4 Å². The van der Waals surface area contributed by atoms with Gasteiger partial charge in [-0.1, -0.05) is 44.2 Å². The smallest absolute Gasteiger partial charge is 0.222 e. The highest BCUT2D eigenvalue weighted by molar-refractivity contribution is 5.85. The standard InChI is InChI=1S/C16H26N2O.ClH/c1-12(2)16(14-8-6-5-7-9-14)18(4)15(19)11-10-13(3)17;/h5-9,12-13,16H,10-11,17H2,1-4H3;1H. The molecule has 0 saturated heterocycles. The SMILES string of the molecule is CC(N)CCC(=O)N(C)C(c1ccccc1)C(C)C.Cl. The predicted molar refractivity (Wildman–Crippen MR) is 86.9 cm³/mol. The molecule has 0 aliphatic heterocycles. The Balaban J connectivity index is 0.00000361. The average molecular weight is 299 g/mol. The largest absolute Gasteiger partial charge is 0.338 e. The number of halogens is 1. The van der Waals surface area contributed by atoms with Crippen LogP contribution < -0.4 is 5.73 Å². The van der Waals surface area contributed by atoms with E-state index in [2.05, 4.69) is 26.0 Å². The number of carbonyl (C=O) groups is 1. The summed E-state index contributed by atoms with van der Waals surface area (Å²) >= 11 is 0. The van der Waals surface area contributed by atoms with E-state index < -0.39 is 0 Å². The van der Waals surface area contributed by atoms with E-state index in [0.717, 1.165) is 6.42 Å². The van der Waals surface area contributed by atoms with Crippen molar-refractivity contribution >= 4 is 18.3 Å². The van der Waals surface area contributed by atoms with Gasteiger partial charge in [-0.15, -0.1) is 12.4 Å². The van der Waals surface area contributed by atoms with Gasteiger partial charge in [0.2, 0.25) is 5.91 Å². The van der Waals surface area contributed by atoms with Crippen molar-refractivity contribution < 1.29 is 4.79 Å². The zero-order valence-electron chi connectivity index (χ0n) is 12.9. The predicted octanol–water partition coefficient (Wildman–Crippen LogP) is 3.39. The van der Waals surface area contributed by atoms with Crippen LogP contribution in [0.15, 0.2) is 30.3 Å². The normalized spacial score (nSPS) is 13.5. The number of rotatable bonds is 6. The molecule has 0 fully saturated rings. The molecular weight excluding hydrogens is 272 g/mol. The molecular formula is C16H27ClN2O. The van der Waals surface area contributed by atoms with Gasteiger partial charge in [-0.2, -0.15) is 0 Å². The number of amides is 1. The first-order valence-electron chi connectivity index (χ1n) is 6.99. The molecule has 1 amide bonds. The van der Waals surface area contributed by atoms with Gasteiger partial charge in [-0.05, 0) is 24.8 Å². The van der Waals surface area contributed by atoms with Gasteiger partial charge < -0.3 is 10.6 Å². The van der Waals surface area contributed by atoms with E-state index in [1.165, 1.54) is 5.56 Å².